The summed E-state index contributed by atoms with van der Waals surface area (Å²) in [6.45, 7) is 1.65. The van der Waals surface area contributed by atoms with Gasteiger partial charge in [0.05, 0.1) is 16.5 Å². The van der Waals surface area contributed by atoms with Crippen molar-refractivity contribution in [3.8, 4) is 5.75 Å². The summed E-state index contributed by atoms with van der Waals surface area (Å²) in [5.41, 5.74) is 1.42. The van der Waals surface area contributed by atoms with E-state index in [9.17, 15) is 14.9 Å². The first-order chi connectivity index (χ1) is 12.2. The molecular weight excluding hydrogens is 491 g/mol. The van der Waals surface area contributed by atoms with Crippen molar-refractivity contribution in [1.82, 2.24) is 0 Å². The number of aryl methyl sites for hydroxylation is 1. The number of nitro groups is 1. The largest absolute Gasteiger partial charge is 0.495 e. The molecule has 1 N–H and O–H groups in total. The number of ether oxygens (including phenoxy) is 1. The van der Waals surface area contributed by atoms with E-state index in [0.29, 0.717) is 22.6 Å². The lowest BCUT2D eigenvalue weighted by atomic mass is 10.1. The van der Waals surface area contributed by atoms with Gasteiger partial charge in [0, 0.05) is 27.9 Å². The summed E-state index contributed by atoms with van der Waals surface area (Å²) in [5.74, 6) is 0.183. The molecule has 2 aromatic rings. The molecule has 0 heterocycles. The van der Waals surface area contributed by atoms with Crippen LogP contribution in [-0.4, -0.2) is 17.9 Å². The normalized spacial score (nSPS) is 10.8. The Balaban J connectivity index is 2.23. The van der Waals surface area contributed by atoms with E-state index in [1.165, 1.54) is 25.3 Å². The van der Waals surface area contributed by atoms with Gasteiger partial charge in [-0.15, -0.1) is 0 Å². The average Bonchev–Trinajstić information content (AvgIpc) is 2.55. The fourth-order valence-corrected chi connectivity index (χ4v) is 3.85. The molecule has 2 aromatic carbocycles. The van der Waals surface area contributed by atoms with Crippen LogP contribution in [0.4, 0.5) is 11.4 Å². The topological polar surface area (TPSA) is 81.5 Å². The number of carbonyl (C=O) groups is 1. The van der Waals surface area contributed by atoms with Crippen molar-refractivity contribution >= 4 is 66.8 Å². The van der Waals surface area contributed by atoms with E-state index in [1.54, 1.807) is 19.1 Å². The summed E-state index contributed by atoms with van der Waals surface area (Å²) in [6, 6.07) is 6.31. The van der Waals surface area contributed by atoms with Gasteiger partial charge in [0.1, 0.15) is 10.8 Å². The Kier molecular flexibility index (Phi) is 6.80. The van der Waals surface area contributed by atoms with E-state index < -0.39 is 10.8 Å². The second kappa shape index (κ2) is 8.66. The fourth-order valence-electron chi connectivity index (χ4n) is 2.20. The van der Waals surface area contributed by atoms with Crippen molar-refractivity contribution in [2.45, 2.75) is 6.92 Å². The second-order valence-electron chi connectivity index (χ2n) is 5.21. The van der Waals surface area contributed by atoms with Crippen LogP contribution in [0.15, 0.2) is 39.3 Å². The molecule has 0 aromatic heterocycles. The van der Waals surface area contributed by atoms with Crippen LogP contribution in [0, 0.1) is 17.0 Å². The SMILES string of the molecule is COc1c(Br)cc(Br)cc1/C=C/C(=O)Nc1cc(Cl)c([N+](=O)[O-])cc1C. The molecule has 26 heavy (non-hydrogen) atoms. The molecule has 0 spiro atoms. The van der Waals surface area contributed by atoms with Crippen LogP contribution < -0.4 is 10.1 Å². The molecule has 0 atom stereocenters. The summed E-state index contributed by atoms with van der Waals surface area (Å²) in [5, 5.41) is 13.5. The molecular formula is C17H13Br2ClN2O4. The molecule has 0 aliphatic heterocycles. The Labute approximate surface area is 171 Å². The number of carbonyl (C=O) groups excluding carboxylic acids is 1. The fraction of sp³-hybridized carbons (Fsp3) is 0.118. The van der Waals surface area contributed by atoms with E-state index >= 15 is 0 Å². The maximum Gasteiger partial charge on any atom is 0.288 e. The van der Waals surface area contributed by atoms with Gasteiger partial charge in [-0.3, -0.25) is 14.9 Å². The smallest absolute Gasteiger partial charge is 0.288 e. The molecule has 0 saturated carbocycles. The van der Waals surface area contributed by atoms with Gasteiger partial charge in [0.25, 0.3) is 5.69 Å². The van der Waals surface area contributed by atoms with Gasteiger partial charge in [0.15, 0.2) is 0 Å². The molecule has 0 aliphatic carbocycles. The predicted octanol–water partition coefficient (Wildman–Crippen LogP) is 5.74. The van der Waals surface area contributed by atoms with E-state index in [4.69, 9.17) is 16.3 Å². The van der Waals surface area contributed by atoms with Crippen molar-refractivity contribution in [2.75, 3.05) is 12.4 Å². The van der Waals surface area contributed by atoms with Crippen molar-refractivity contribution in [3.63, 3.8) is 0 Å². The van der Waals surface area contributed by atoms with Gasteiger partial charge in [0.2, 0.25) is 5.91 Å². The first-order valence-corrected chi connectivity index (χ1v) is 9.16. The number of methoxy groups -OCH3 is 1. The van der Waals surface area contributed by atoms with Crippen molar-refractivity contribution < 1.29 is 14.5 Å². The number of anilines is 1. The van der Waals surface area contributed by atoms with Gasteiger partial charge in [-0.05, 0) is 52.7 Å². The maximum atomic E-state index is 12.2. The van der Waals surface area contributed by atoms with E-state index in [1.807, 2.05) is 6.07 Å². The molecule has 9 heteroatoms. The summed E-state index contributed by atoms with van der Waals surface area (Å²) >= 11 is 12.7. The highest BCUT2D eigenvalue weighted by Crippen LogP contribution is 2.34. The van der Waals surface area contributed by atoms with Crippen LogP contribution >= 0.6 is 43.5 Å². The Bertz CT molecular complexity index is 916. The number of hydrogen-bond acceptors (Lipinski definition) is 4. The first kappa shape index (κ1) is 20.4. The first-order valence-electron chi connectivity index (χ1n) is 7.19. The van der Waals surface area contributed by atoms with Gasteiger partial charge in [-0.1, -0.05) is 27.5 Å². The summed E-state index contributed by atoms with van der Waals surface area (Å²) in [7, 11) is 1.54. The van der Waals surface area contributed by atoms with E-state index in [-0.39, 0.29) is 10.7 Å². The average molecular weight is 505 g/mol. The van der Waals surface area contributed by atoms with Crippen LogP contribution in [-0.2, 0) is 4.79 Å². The Hall–Kier alpha value is -1.90. The van der Waals surface area contributed by atoms with Crippen LogP contribution in [0.3, 0.4) is 0 Å². The molecule has 1 amide bonds. The van der Waals surface area contributed by atoms with Crippen LogP contribution in [0.25, 0.3) is 6.08 Å². The van der Waals surface area contributed by atoms with Crippen molar-refractivity contribution in [1.29, 1.82) is 0 Å². The summed E-state index contributed by atoms with van der Waals surface area (Å²) in [4.78, 5) is 22.5. The monoisotopic (exact) mass is 502 g/mol. The number of halogens is 3. The molecule has 6 nitrogen and oxygen atoms in total. The molecule has 2 rings (SSSR count). The Morgan fingerprint density at radius 2 is 2.00 bits per heavy atom. The number of rotatable bonds is 5. The van der Waals surface area contributed by atoms with Gasteiger partial charge < -0.3 is 10.1 Å². The third-order valence-corrected chi connectivity index (χ3v) is 4.75. The summed E-state index contributed by atoms with van der Waals surface area (Å²) < 4.78 is 6.89. The Morgan fingerprint density at radius 3 is 2.62 bits per heavy atom. The number of nitrogens with one attached hydrogen (secondary N) is 1. The van der Waals surface area contributed by atoms with Gasteiger partial charge >= 0.3 is 0 Å². The number of nitrogens with zero attached hydrogens (tertiary/aromatic N) is 1. The number of benzene rings is 2. The predicted molar refractivity (Wildman–Crippen MR) is 109 cm³/mol. The highest BCUT2D eigenvalue weighted by atomic mass is 79.9. The number of hydrogen-bond donors (Lipinski definition) is 1. The molecule has 0 unspecified atom stereocenters. The number of nitro benzene ring substituents is 1. The third-order valence-electron chi connectivity index (χ3n) is 3.40. The van der Waals surface area contributed by atoms with E-state index in [2.05, 4.69) is 37.2 Å². The lowest BCUT2D eigenvalue weighted by Crippen LogP contribution is -2.09. The quantitative estimate of drug-likeness (QED) is 0.320. The molecule has 0 aliphatic rings. The third kappa shape index (κ3) is 4.84. The minimum Gasteiger partial charge on any atom is -0.495 e. The minimum atomic E-state index is -0.571. The minimum absolute atomic E-state index is 0.0440. The Morgan fingerprint density at radius 1 is 1.31 bits per heavy atom. The zero-order chi connectivity index (χ0) is 19.4. The van der Waals surface area contributed by atoms with Crippen molar-refractivity contribution in [2.24, 2.45) is 0 Å². The zero-order valence-electron chi connectivity index (χ0n) is 13.7. The summed E-state index contributed by atoms with van der Waals surface area (Å²) in [6.07, 6.45) is 2.94. The molecule has 0 radical (unpaired) electrons. The molecule has 0 bridgehead atoms. The zero-order valence-corrected chi connectivity index (χ0v) is 17.6. The van der Waals surface area contributed by atoms with Gasteiger partial charge in [-0.2, -0.15) is 0 Å². The maximum absolute atomic E-state index is 12.2. The van der Waals surface area contributed by atoms with Crippen LogP contribution in [0.5, 0.6) is 5.75 Å². The lowest BCUT2D eigenvalue weighted by Gasteiger charge is -2.09. The van der Waals surface area contributed by atoms with E-state index in [0.717, 1.165) is 8.95 Å². The van der Waals surface area contributed by atoms with Crippen LogP contribution in [0.1, 0.15) is 11.1 Å². The van der Waals surface area contributed by atoms with Crippen molar-refractivity contribution in [3.05, 3.63) is 65.6 Å². The standard InChI is InChI=1S/C17H13Br2ClN2O4/c1-9-5-15(22(24)25)13(20)8-14(9)21-16(23)4-3-10-6-11(18)7-12(19)17(10)26-2/h3-8H,1-2H3,(H,21,23)/b4-3+. The molecule has 0 saturated heterocycles. The number of amides is 1. The van der Waals surface area contributed by atoms with Crippen LogP contribution in [0.2, 0.25) is 5.02 Å². The lowest BCUT2D eigenvalue weighted by molar-refractivity contribution is -0.384. The highest BCUT2D eigenvalue weighted by Gasteiger charge is 2.15. The molecule has 136 valence electrons. The van der Waals surface area contributed by atoms with Gasteiger partial charge in [-0.25, -0.2) is 0 Å². The second-order valence-corrected chi connectivity index (χ2v) is 7.39. The molecule has 0 fully saturated rings. The highest BCUT2D eigenvalue weighted by molar-refractivity contribution is 9.11.